The predicted octanol–water partition coefficient (Wildman–Crippen LogP) is 2.34. The number of allylic oxidation sites excluding steroid dienone is 1. The smallest absolute Gasteiger partial charge is 0.00731 e. The summed E-state index contributed by atoms with van der Waals surface area (Å²) in [5, 5.41) is 3.35. The Morgan fingerprint density at radius 3 is 2.50 bits per heavy atom. The maximum absolute atomic E-state index is 3.35. The van der Waals surface area contributed by atoms with Gasteiger partial charge in [0.25, 0.3) is 0 Å². The fourth-order valence-corrected chi connectivity index (χ4v) is 0.899. The van der Waals surface area contributed by atoms with Gasteiger partial charge in [0.15, 0.2) is 0 Å². The molecule has 0 saturated carbocycles. The van der Waals surface area contributed by atoms with Crippen LogP contribution >= 0.6 is 0 Å². The Bertz CT molecular complexity index is 86.7. The molecular weight excluding hydrogens is 122 g/mol. The minimum atomic E-state index is 0.632. The first-order valence-electron chi connectivity index (χ1n) is 4.19. The predicted molar refractivity (Wildman–Crippen MR) is 47.2 cm³/mol. The van der Waals surface area contributed by atoms with Gasteiger partial charge in [-0.2, -0.15) is 0 Å². The fourth-order valence-electron chi connectivity index (χ4n) is 0.899. The molecule has 1 nitrogen and oxygen atoms in total. The molecule has 0 rings (SSSR count). The van der Waals surface area contributed by atoms with E-state index in [1.807, 2.05) is 0 Å². The van der Waals surface area contributed by atoms with E-state index in [9.17, 15) is 0 Å². The maximum atomic E-state index is 3.35. The summed E-state index contributed by atoms with van der Waals surface area (Å²) in [7, 11) is 0. The molecule has 0 aromatic heterocycles. The van der Waals surface area contributed by atoms with E-state index in [1.165, 1.54) is 0 Å². The summed E-state index contributed by atoms with van der Waals surface area (Å²) in [5.41, 5.74) is 0. The van der Waals surface area contributed by atoms with E-state index in [4.69, 9.17) is 0 Å². The van der Waals surface area contributed by atoms with Gasteiger partial charge >= 0.3 is 0 Å². The van der Waals surface area contributed by atoms with Crippen molar-refractivity contribution in [3.8, 4) is 0 Å². The van der Waals surface area contributed by atoms with E-state index in [-0.39, 0.29) is 0 Å². The zero-order valence-corrected chi connectivity index (χ0v) is 7.35. The molecule has 10 heavy (non-hydrogen) atoms. The van der Waals surface area contributed by atoms with Crippen LogP contribution in [0.1, 0.15) is 33.6 Å². The van der Waals surface area contributed by atoms with Crippen LogP contribution in [0.3, 0.4) is 0 Å². The maximum Gasteiger partial charge on any atom is 0.00731 e. The minimum absolute atomic E-state index is 0.632. The molecule has 0 heterocycles. The summed E-state index contributed by atoms with van der Waals surface area (Å²) in [6.07, 6.45) is 6.77. The molecule has 0 aromatic carbocycles. The van der Waals surface area contributed by atoms with Gasteiger partial charge in [-0.3, -0.25) is 0 Å². The second kappa shape index (κ2) is 6.81. The Morgan fingerprint density at radius 1 is 1.30 bits per heavy atom. The molecule has 60 valence electrons. The molecule has 0 aliphatic heterocycles. The molecule has 1 unspecified atom stereocenters. The second-order valence-corrected chi connectivity index (χ2v) is 2.57. The van der Waals surface area contributed by atoms with Gasteiger partial charge < -0.3 is 5.32 Å². The molecule has 0 aliphatic rings. The summed E-state index contributed by atoms with van der Waals surface area (Å²) < 4.78 is 0. The zero-order valence-electron chi connectivity index (χ0n) is 7.35. The molecule has 0 aliphatic carbocycles. The lowest BCUT2D eigenvalue weighted by Crippen LogP contribution is -2.24. The van der Waals surface area contributed by atoms with E-state index < -0.39 is 0 Å². The fraction of sp³-hybridized carbons (Fsp3) is 0.778. The minimum Gasteiger partial charge on any atom is -0.314 e. The summed E-state index contributed by atoms with van der Waals surface area (Å²) in [6, 6.07) is 0.632. The number of hydrogen-bond acceptors (Lipinski definition) is 1. The van der Waals surface area contributed by atoms with Crippen molar-refractivity contribution in [3.63, 3.8) is 0 Å². The molecule has 0 amide bonds. The molecule has 0 fully saturated rings. The van der Waals surface area contributed by atoms with Crippen molar-refractivity contribution in [3.05, 3.63) is 12.2 Å². The van der Waals surface area contributed by atoms with Crippen molar-refractivity contribution in [2.75, 3.05) is 6.54 Å². The van der Waals surface area contributed by atoms with Crippen LogP contribution in [0, 0.1) is 0 Å². The van der Waals surface area contributed by atoms with Crippen molar-refractivity contribution in [2.24, 2.45) is 0 Å². The van der Waals surface area contributed by atoms with Crippen molar-refractivity contribution in [1.29, 1.82) is 0 Å². The SMILES string of the molecule is CCC=CCC(C)NCC. The normalized spacial score (nSPS) is 14.3. The Labute approximate surface area is 64.5 Å². The largest absolute Gasteiger partial charge is 0.314 e. The van der Waals surface area contributed by atoms with Crippen molar-refractivity contribution in [2.45, 2.75) is 39.7 Å². The summed E-state index contributed by atoms with van der Waals surface area (Å²) in [5.74, 6) is 0. The van der Waals surface area contributed by atoms with Crippen LogP contribution in [-0.4, -0.2) is 12.6 Å². The lowest BCUT2D eigenvalue weighted by molar-refractivity contribution is 0.573. The van der Waals surface area contributed by atoms with Gasteiger partial charge in [-0.05, 0) is 26.3 Å². The molecular formula is C9H19N. The first kappa shape index (κ1) is 9.70. The van der Waals surface area contributed by atoms with E-state index in [0.29, 0.717) is 6.04 Å². The van der Waals surface area contributed by atoms with Gasteiger partial charge in [-0.1, -0.05) is 26.0 Å². The second-order valence-electron chi connectivity index (χ2n) is 2.57. The first-order chi connectivity index (χ1) is 4.81. The van der Waals surface area contributed by atoms with E-state index in [0.717, 1.165) is 19.4 Å². The molecule has 0 saturated heterocycles. The first-order valence-corrected chi connectivity index (χ1v) is 4.19. The third kappa shape index (κ3) is 5.83. The van der Waals surface area contributed by atoms with E-state index >= 15 is 0 Å². The van der Waals surface area contributed by atoms with Crippen LogP contribution in [0.5, 0.6) is 0 Å². The highest BCUT2D eigenvalue weighted by atomic mass is 14.9. The summed E-state index contributed by atoms with van der Waals surface area (Å²) in [6.45, 7) is 7.58. The molecule has 1 heteroatoms. The molecule has 0 radical (unpaired) electrons. The Morgan fingerprint density at radius 2 is 2.00 bits per heavy atom. The number of nitrogens with one attached hydrogen (secondary N) is 1. The van der Waals surface area contributed by atoms with Gasteiger partial charge in [0.2, 0.25) is 0 Å². The number of hydrogen-bond donors (Lipinski definition) is 1. The molecule has 0 spiro atoms. The van der Waals surface area contributed by atoms with Crippen molar-refractivity contribution >= 4 is 0 Å². The Hall–Kier alpha value is -0.300. The summed E-state index contributed by atoms with van der Waals surface area (Å²) >= 11 is 0. The van der Waals surface area contributed by atoms with Gasteiger partial charge in [0.1, 0.15) is 0 Å². The highest BCUT2D eigenvalue weighted by Crippen LogP contribution is 1.92. The lowest BCUT2D eigenvalue weighted by atomic mass is 10.2. The molecule has 1 atom stereocenters. The van der Waals surface area contributed by atoms with Crippen molar-refractivity contribution in [1.82, 2.24) is 5.32 Å². The van der Waals surface area contributed by atoms with Crippen LogP contribution in [0.25, 0.3) is 0 Å². The highest BCUT2D eigenvalue weighted by molar-refractivity contribution is 4.83. The summed E-state index contributed by atoms with van der Waals surface area (Å²) in [4.78, 5) is 0. The van der Waals surface area contributed by atoms with Gasteiger partial charge in [0.05, 0.1) is 0 Å². The Kier molecular flexibility index (Phi) is 6.61. The van der Waals surface area contributed by atoms with E-state index in [1.54, 1.807) is 0 Å². The third-order valence-electron chi connectivity index (χ3n) is 1.44. The van der Waals surface area contributed by atoms with Gasteiger partial charge in [0, 0.05) is 6.04 Å². The van der Waals surface area contributed by atoms with Crippen LogP contribution in [-0.2, 0) is 0 Å². The molecule has 0 aromatic rings. The number of rotatable bonds is 5. The quantitative estimate of drug-likeness (QED) is 0.579. The zero-order chi connectivity index (χ0) is 7.82. The van der Waals surface area contributed by atoms with Crippen LogP contribution in [0.2, 0.25) is 0 Å². The van der Waals surface area contributed by atoms with Gasteiger partial charge in [-0.15, -0.1) is 0 Å². The van der Waals surface area contributed by atoms with Crippen molar-refractivity contribution < 1.29 is 0 Å². The van der Waals surface area contributed by atoms with Gasteiger partial charge in [-0.25, -0.2) is 0 Å². The monoisotopic (exact) mass is 141 g/mol. The topological polar surface area (TPSA) is 12.0 Å². The average Bonchev–Trinajstić information content (AvgIpc) is 1.89. The molecule has 1 N–H and O–H groups in total. The average molecular weight is 141 g/mol. The Balaban J connectivity index is 3.20. The van der Waals surface area contributed by atoms with Crippen LogP contribution in [0.15, 0.2) is 12.2 Å². The van der Waals surface area contributed by atoms with Crippen LogP contribution < -0.4 is 5.32 Å². The van der Waals surface area contributed by atoms with Crippen LogP contribution in [0.4, 0.5) is 0 Å². The molecule has 0 bridgehead atoms. The third-order valence-corrected chi connectivity index (χ3v) is 1.44. The van der Waals surface area contributed by atoms with E-state index in [2.05, 4.69) is 38.2 Å². The highest BCUT2D eigenvalue weighted by Gasteiger charge is 1.93. The standard InChI is InChI=1S/C9H19N/c1-4-6-7-8-9(3)10-5-2/h6-7,9-10H,4-5,8H2,1-3H3. The lowest BCUT2D eigenvalue weighted by Gasteiger charge is -2.07.